The van der Waals surface area contributed by atoms with Gasteiger partial charge >= 0.3 is 6.09 Å². The number of rotatable bonds is 6. The smallest absolute Gasteiger partial charge is 0.410 e. The highest BCUT2D eigenvalue weighted by molar-refractivity contribution is 5.88. The fourth-order valence-electron chi connectivity index (χ4n) is 5.29. The number of nitrogens with one attached hydrogen (secondary N) is 1. The summed E-state index contributed by atoms with van der Waals surface area (Å²) in [5.41, 5.74) is 4.11. The molecule has 0 spiro atoms. The number of nitriles is 1. The molecule has 13 nitrogen and oxygen atoms in total. The number of anilines is 3. The van der Waals surface area contributed by atoms with Crippen molar-refractivity contribution in [1.82, 2.24) is 34.8 Å². The minimum Gasteiger partial charge on any atom is -0.457 e. The lowest BCUT2D eigenvalue weighted by Gasteiger charge is -2.41. The number of aromatic nitrogens is 6. The molecule has 13 heteroatoms. The maximum absolute atomic E-state index is 12.8. The largest absolute Gasteiger partial charge is 0.457 e. The van der Waals surface area contributed by atoms with Crippen LogP contribution in [0.3, 0.4) is 0 Å². The van der Waals surface area contributed by atoms with E-state index in [1.165, 1.54) is 6.33 Å². The Hall–Kier alpha value is -5.51. The van der Waals surface area contributed by atoms with Gasteiger partial charge in [0.1, 0.15) is 40.3 Å². The topological polar surface area (TPSA) is 147 Å². The van der Waals surface area contributed by atoms with Crippen LogP contribution in [-0.2, 0) is 11.8 Å². The highest BCUT2D eigenvalue weighted by atomic mass is 16.6. The Morgan fingerprint density at radius 2 is 1.93 bits per heavy atom. The number of hydrogen-bond donors (Lipinski definition) is 1. The Balaban J connectivity index is 1.20. The Morgan fingerprint density at radius 3 is 2.71 bits per heavy atom. The summed E-state index contributed by atoms with van der Waals surface area (Å²) in [6, 6.07) is 17.2. The molecule has 0 unspecified atom stereocenters. The molecule has 1 N–H and O–H groups in total. The van der Waals surface area contributed by atoms with Crippen LogP contribution in [0.15, 0.2) is 54.9 Å². The summed E-state index contributed by atoms with van der Waals surface area (Å²) < 4.78 is 13.5. The van der Waals surface area contributed by atoms with Gasteiger partial charge in [-0.2, -0.15) is 5.26 Å². The number of ether oxygens (including phenoxy) is 2. The maximum atomic E-state index is 12.8. The first-order valence-electron chi connectivity index (χ1n) is 14.7. The zero-order valence-electron chi connectivity index (χ0n) is 25.9. The van der Waals surface area contributed by atoms with Crippen molar-refractivity contribution in [3.05, 3.63) is 60.4 Å². The van der Waals surface area contributed by atoms with E-state index < -0.39 is 11.7 Å². The van der Waals surface area contributed by atoms with Crippen molar-refractivity contribution in [3.8, 4) is 17.6 Å². The molecule has 5 aromatic rings. The number of pyridine rings is 1. The van der Waals surface area contributed by atoms with Gasteiger partial charge in [0.15, 0.2) is 5.82 Å². The first-order chi connectivity index (χ1) is 21.6. The van der Waals surface area contributed by atoms with Crippen molar-refractivity contribution < 1.29 is 14.3 Å². The first kappa shape index (κ1) is 29.6. The van der Waals surface area contributed by atoms with Gasteiger partial charge in [0.25, 0.3) is 0 Å². The summed E-state index contributed by atoms with van der Waals surface area (Å²) in [7, 11) is 1.85. The van der Waals surface area contributed by atoms with E-state index in [0.717, 1.165) is 22.3 Å². The van der Waals surface area contributed by atoms with Gasteiger partial charge in [0.2, 0.25) is 0 Å². The lowest BCUT2D eigenvalue weighted by Crippen LogP contribution is -2.56. The number of fused-ring (bicyclic) bond motifs is 2. The Kier molecular flexibility index (Phi) is 7.80. The molecule has 1 aliphatic heterocycles. The molecule has 1 saturated heterocycles. The SMILES string of the molecule is Cc1cc(Nc2ncnc3ccc(N4CCN(C(=O)OC(C)(C)C)[C@@H](CC#N)C4)nc23)ccc1Oc1ccc2c(c1)nnn2C. The molecule has 4 heterocycles. The second kappa shape index (κ2) is 11.9. The van der Waals surface area contributed by atoms with Crippen LogP contribution in [0.5, 0.6) is 11.5 Å². The van der Waals surface area contributed by atoms with E-state index in [1.807, 2.05) is 83.3 Å². The monoisotopic (exact) mass is 606 g/mol. The molecule has 1 aliphatic rings. The van der Waals surface area contributed by atoms with Crippen LogP contribution in [0.1, 0.15) is 32.8 Å². The van der Waals surface area contributed by atoms with Crippen molar-refractivity contribution in [2.75, 3.05) is 29.9 Å². The summed E-state index contributed by atoms with van der Waals surface area (Å²) in [6.07, 6.45) is 1.28. The number of hydrogen-bond acceptors (Lipinski definition) is 11. The molecule has 1 atom stereocenters. The van der Waals surface area contributed by atoms with Crippen LogP contribution in [-0.4, -0.2) is 72.2 Å². The molecule has 0 radical (unpaired) electrons. The van der Waals surface area contributed by atoms with Gasteiger partial charge in [0, 0.05) is 38.4 Å². The van der Waals surface area contributed by atoms with Gasteiger partial charge < -0.3 is 24.6 Å². The van der Waals surface area contributed by atoms with Gasteiger partial charge in [0.05, 0.1) is 29.6 Å². The Morgan fingerprint density at radius 1 is 1.09 bits per heavy atom. The first-order valence-corrected chi connectivity index (χ1v) is 14.7. The van der Waals surface area contributed by atoms with Crippen molar-refractivity contribution in [2.24, 2.45) is 7.05 Å². The molecular formula is C32H34N10O3. The van der Waals surface area contributed by atoms with Gasteiger partial charge in [-0.15, -0.1) is 5.10 Å². The summed E-state index contributed by atoms with van der Waals surface area (Å²) >= 11 is 0. The van der Waals surface area contributed by atoms with E-state index in [1.54, 1.807) is 9.58 Å². The van der Waals surface area contributed by atoms with Gasteiger partial charge in [-0.1, -0.05) is 5.21 Å². The van der Waals surface area contributed by atoms with Crippen LogP contribution in [0.4, 0.5) is 22.1 Å². The standard InChI is InChI=1S/C32H34N10O3/c1-20-16-21(6-10-27(20)44-23-7-9-26-25(17-23)38-39-40(26)5)36-30-29-24(34-19-35-30)8-11-28(37-29)41-14-15-42(22(18-41)12-13-33)31(43)45-32(2,3)4/h6-11,16-17,19,22H,12,14-15,18H2,1-5H3,(H,34,35,36)/t22-/m0/s1. The second-order valence-electron chi connectivity index (χ2n) is 12.0. The zero-order valence-corrected chi connectivity index (χ0v) is 25.9. The number of aryl methyl sites for hydroxylation is 2. The van der Waals surface area contributed by atoms with Crippen molar-refractivity contribution in [1.29, 1.82) is 5.26 Å². The maximum Gasteiger partial charge on any atom is 0.410 e. The van der Waals surface area contributed by atoms with Gasteiger partial charge in [-0.05, 0) is 75.7 Å². The van der Waals surface area contributed by atoms with E-state index in [-0.39, 0.29) is 12.5 Å². The molecule has 1 fully saturated rings. The average Bonchev–Trinajstić information content (AvgIpc) is 3.37. The molecule has 2 aromatic carbocycles. The molecule has 3 aromatic heterocycles. The van der Waals surface area contributed by atoms with Crippen molar-refractivity contribution >= 4 is 45.5 Å². The fraction of sp³-hybridized carbons (Fsp3) is 0.344. The van der Waals surface area contributed by atoms with Crippen LogP contribution in [0.2, 0.25) is 0 Å². The lowest BCUT2D eigenvalue weighted by molar-refractivity contribution is 0.0145. The van der Waals surface area contributed by atoms with Gasteiger partial charge in [-0.25, -0.2) is 24.4 Å². The molecule has 0 bridgehead atoms. The van der Waals surface area contributed by atoms with Crippen molar-refractivity contribution in [3.63, 3.8) is 0 Å². The number of benzene rings is 2. The zero-order chi connectivity index (χ0) is 31.7. The summed E-state index contributed by atoms with van der Waals surface area (Å²) in [5, 5.41) is 21.1. The molecule has 0 aliphatic carbocycles. The minimum atomic E-state index is -0.618. The minimum absolute atomic E-state index is 0.188. The summed E-state index contributed by atoms with van der Waals surface area (Å²) in [6.45, 7) is 8.88. The molecule has 45 heavy (non-hydrogen) atoms. The molecule has 1 amide bonds. The fourth-order valence-corrected chi connectivity index (χ4v) is 5.29. The van der Waals surface area contributed by atoms with Gasteiger partial charge in [-0.3, -0.25) is 0 Å². The van der Waals surface area contributed by atoms with Crippen molar-refractivity contribution in [2.45, 2.75) is 45.8 Å². The predicted molar refractivity (Wildman–Crippen MR) is 170 cm³/mol. The van der Waals surface area contributed by atoms with E-state index >= 15 is 0 Å². The highest BCUT2D eigenvalue weighted by Gasteiger charge is 2.34. The third-order valence-electron chi connectivity index (χ3n) is 7.48. The van der Waals surface area contributed by atoms with Crippen LogP contribution < -0.4 is 15.0 Å². The van der Waals surface area contributed by atoms with Crippen LogP contribution in [0, 0.1) is 18.3 Å². The lowest BCUT2D eigenvalue weighted by atomic mass is 10.1. The third-order valence-corrected chi connectivity index (χ3v) is 7.48. The molecule has 6 rings (SSSR count). The van der Waals surface area contributed by atoms with E-state index in [4.69, 9.17) is 14.5 Å². The molecule has 230 valence electrons. The normalized spacial score (nSPS) is 15.2. The summed E-state index contributed by atoms with van der Waals surface area (Å²) in [4.78, 5) is 30.4. The number of nitrogens with zero attached hydrogens (tertiary/aromatic N) is 9. The number of amides is 1. The highest BCUT2D eigenvalue weighted by Crippen LogP contribution is 2.31. The average molecular weight is 607 g/mol. The third kappa shape index (κ3) is 6.40. The number of carbonyl (C=O) groups excluding carboxylic acids is 1. The Labute approximate surface area is 260 Å². The number of carbonyl (C=O) groups is 1. The van der Waals surface area contributed by atoms with Crippen LogP contribution >= 0.6 is 0 Å². The van der Waals surface area contributed by atoms with E-state index in [2.05, 4.69) is 36.6 Å². The molecule has 0 saturated carbocycles. The summed E-state index contributed by atoms with van der Waals surface area (Å²) in [5.74, 6) is 2.67. The number of piperazine rings is 1. The quantitative estimate of drug-likeness (QED) is 0.262. The molecular weight excluding hydrogens is 572 g/mol. The van der Waals surface area contributed by atoms with Crippen LogP contribution in [0.25, 0.3) is 22.1 Å². The Bertz CT molecular complexity index is 1930. The predicted octanol–water partition coefficient (Wildman–Crippen LogP) is 5.49. The second-order valence-corrected chi connectivity index (χ2v) is 12.0. The van der Waals surface area contributed by atoms with E-state index in [0.29, 0.717) is 53.8 Å². The van der Waals surface area contributed by atoms with E-state index in [9.17, 15) is 10.1 Å².